The minimum atomic E-state index is -3.65. The molecule has 0 bridgehead atoms. The topological polar surface area (TPSA) is 98.0 Å². The minimum absolute atomic E-state index is 0.143. The Morgan fingerprint density at radius 2 is 1.77 bits per heavy atom. The smallest absolute Gasteiger partial charge is 0.325 e. The first-order valence-corrected chi connectivity index (χ1v) is 13.8. The molecular formula is C24H26ClN3O5S2. The van der Waals surface area contributed by atoms with E-state index in [1.165, 1.54) is 47.0 Å². The number of benzene rings is 2. The molecule has 186 valence electrons. The number of esters is 1. The fourth-order valence-electron chi connectivity index (χ4n) is 4.38. The lowest BCUT2D eigenvalue weighted by Crippen LogP contribution is -2.42. The number of thiazole rings is 1. The largest absolute Gasteiger partial charge is 0.468 e. The zero-order valence-corrected chi connectivity index (χ0v) is 22.0. The van der Waals surface area contributed by atoms with Crippen LogP contribution in [-0.4, -0.2) is 49.4 Å². The second-order valence-electron chi connectivity index (χ2n) is 8.84. The highest BCUT2D eigenvalue weighted by Gasteiger charge is 2.31. The van der Waals surface area contributed by atoms with Crippen LogP contribution in [0.4, 0.5) is 0 Å². The first kappa shape index (κ1) is 25.6. The van der Waals surface area contributed by atoms with Crippen LogP contribution in [0.15, 0.2) is 52.4 Å². The Bertz CT molecular complexity index is 1430. The van der Waals surface area contributed by atoms with Crippen molar-refractivity contribution in [3.05, 3.63) is 57.9 Å². The van der Waals surface area contributed by atoms with Gasteiger partial charge in [-0.25, -0.2) is 8.42 Å². The SMILES string of the molecule is COC(=O)Cn1c(=NC(=O)c2ccc(S(=O)(=O)N3CC(C)CC(C)C3)cc2)sc2cccc(Cl)c21. The molecule has 0 radical (unpaired) electrons. The molecule has 1 aromatic heterocycles. The number of carbonyl (C=O) groups is 2. The molecule has 0 spiro atoms. The second kappa shape index (κ2) is 10.2. The van der Waals surface area contributed by atoms with E-state index < -0.39 is 21.9 Å². The molecule has 2 aromatic carbocycles. The number of nitrogens with zero attached hydrogens (tertiary/aromatic N) is 3. The number of methoxy groups -OCH3 is 1. The van der Waals surface area contributed by atoms with Crippen LogP contribution in [-0.2, 0) is 26.1 Å². The summed E-state index contributed by atoms with van der Waals surface area (Å²) in [5.74, 6) is -0.482. The summed E-state index contributed by atoms with van der Waals surface area (Å²) in [4.78, 5) is 29.6. The van der Waals surface area contributed by atoms with Crippen LogP contribution >= 0.6 is 22.9 Å². The fraction of sp³-hybridized carbons (Fsp3) is 0.375. The van der Waals surface area contributed by atoms with Crippen molar-refractivity contribution in [2.24, 2.45) is 16.8 Å². The molecule has 0 aliphatic carbocycles. The molecule has 1 aliphatic heterocycles. The van der Waals surface area contributed by atoms with Gasteiger partial charge < -0.3 is 9.30 Å². The van der Waals surface area contributed by atoms with Crippen molar-refractivity contribution in [3.8, 4) is 0 Å². The Labute approximate surface area is 212 Å². The Kier molecular flexibility index (Phi) is 7.46. The van der Waals surface area contributed by atoms with E-state index in [4.69, 9.17) is 16.3 Å². The van der Waals surface area contributed by atoms with Gasteiger partial charge in [-0.2, -0.15) is 9.30 Å². The summed E-state index contributed by atoms with van der Waals surface area (Å²) < 4.78 is 34.8. The number of halogens is 1. The maximum atomic E-state index is 13.1. The highest BCUT2D eigenvalue weighted by molar-refractivity contribution is 7.89. The van der Waals surface area contributed by atoms with Gasteiger partial charge in [0.25, 0.3) is 5.91 Å². The molecule has 2 unspecified atom stereocenters. The number of hydrogen-bond donors (Lipinski definition) is 0. The predicted octanol–water partition coefficient (Wildman–Crippen LogP) is 3.94. The average molecular weight is 536 g/mol. The molecule has 0 N–H and O–H groups in total. The fourth-order valence-corrected chi connectivity index (χ4v) is 7.45. The summed E-state index contributed by atoms with van der Waals surface area (Å²) in [6, 6.07) is 11.1. The van der Waals surface area contributed by atoms with E-state index in [0.29, 0.717) is 35.5 Å². The highest BCUT2D eigenvalue weighted by atomic mass is 35.5. The van der Waals surface area contributed by atoms with E-state index in [-0.39, 0.29) is 21.8 Å². The molecule has 1 amide bonds. The lowest BCUT2D eigenvalue weighted by Gasteiger charge is -2.34. The number of amides is 1. The predicted molar refractivity (Wildman–Crippen MR) is 135 cm³/mol. The van der Waals surface area contributed by atoms with Gasteiger partial charge in [0, 0.05) is 18.7 Å². The molecule has 4 rings (SSSR count). The molecule has 0 saturated carbocycles. The van der Waals surface area contributed by atoms with Crippen LogP contribution in [0.2, 0.25) is 5.02 Å². The van der Waals surface area contributed by atoms with Crippen molar-refractivity contribution in [3.63, 3.8) is 0 Å². The number of sulfonamides is 1. The van der Waals surface area contributed by atoms with Crippen molar-refractivity contribution in [1.82, 2.24) is 8.87 Å². The summed E-state index contributed by atoms with van der Waals surface area (Å²) >= 11 is 7.56. The first-order chi connectivity index (χ1) is 16.6. The van der Waals surface area contributed by atoms with Crippen molar-refractivity contribution >= 4 is 55.1 Å². The number of piperidine rings is 1. The first-order valence-electron chi connectivity index (χ1n) is 11.1. The Morgan fingerprint density at radius 1 is 1.11 bits per heavy atom. The molecule has 2 atom stereocenters. The van der Waals surface area contributed by atoms with Gasteiger partial charge in [-0.15, -0.1) is 0 Å². The van der Waals surface area contributed by atoms with E-state index in [1.54, 1.807) is 16.7 Å². The maximum Gasteiger partial charge on any atom is 0.325 e. The van der Waals surface area contributed by atoms with Gasteiger partial charge in [-0.05, 0) is 54.7 Å². The third-order valence-corrected chi connectivity index (χ3v) is 9.13. The molecule has 1 aliphatic rings. The van der Waals surface area contributed by atoms with Gasteiger partial charge in [-0.3, -0.25) is 9.59 Å². The van der Waals surface area contributed by atoms with Crippen LogP contribution in [0.25, 0.3) is 10.2 Å². The zero-order chi connectivity index (χ0) is 25.3. The molecular weight excluding hydrogens is 510 g/mol. The number of hydrogen-bond acceptors (Lipinski definition) is 6. The zero-order valence-electron chi connectivity index (χ0n) is 19.6. The summed E-state index contributed by atoms with van der Waals surface area (Å²) in [6.07, 6.45) is 1.000. The third-order valence-electron chi connectivity index (χ3n) is 5.94. The summed E-state index contributed by atoms with van der Waals surface area (Å²) in [5.41, 5.74) is 0.819. The van der Waals surface area contributed by atoms with Crippen LogP contribution < -0.4 is 4.80 Å². The van der Waals surface area contributed by atoms with Gasteiger partial charge >= 0.3 is 5.97 Å². The molecule has 1 saturated heterocycles. The standard InChI is InChI=1S/C24H26ClN3O5S2/c1-15-11-16(2)13-27(12-15)35(31,32)18-9-7-17(8-10-18)23(30)26-24-28(14-21(29)33-3)22-19(25)5-4-6-20(22)34-24/h4-10,15-16H,11-14H2,1-3H3. The number of rotatable bonds is 5. The molecule has 11 heteroatoms. The summed E-state index contributed by atoms with van der Waals surface area (Å²) in [6.45, 7) is 4.91. The monoisotopic (exact) mass is 535 g/mol. The maximum absolute atomic E-state index is 13.1. The number of para-hydroxylation sites is 1. The molecule has 1 fully saturated rings. The molecule has 35 heavy (non-hydrogen) atoms. The van der Waals surface area contributed by atoms with E-state index in [0.717, 1.165) is 11.1 Å². The molecule has 2 heterocycles. The van der Waals surface area contributed by atoms with Gasteiger partial charge in [-0.1, -0.05) is 42.9 Å². The van der Waals surface area contributed by atoms with Crippen molar-refractivity contribution in [2.75, 3.05) is 20.2 Å². The molecule has 3 aromatic rings. The van der Waals surface area contributed by atoms with Crippen molar-refractivity contribution in [2.45, 2.75) is 31.7 Å². The van der Waals surface area contributed by atoms with E-state index in [9.17, 15) is 18.0 Å². The van der Waals surface area contributed by atoms with Gasteiger partial charge in [0.15, 0.2) is 4.80 Å². The third kappa shape index (κ3) is 5.35. The lowest BCUT2D eigenvalue weighted by atomic mass is 9.94. The Hall–Kier alpha value is -2.53. The van der Waals surface area contributed by atoms with E-state index >= 15 is 0 Å². The van der Waals surface area contributed by atoms with Crippen molar-refractivity contribution in [1.29, 1.82) is 0 Å². The van der Waals surface area contributed by atoms with Crippen LogP contribution in [0.1, 0.15) is 30.6 Å². The van der Waals surface area contributed by atoms with Crippen LogP contribution in [0, 0.1) is 11.8 Å². The lowest BCUT2D eigenvalue weighted by molar-refractivity contribution is -0.141. The number of aromatic nitrogens is 1. The highest BCUT2D eigenvalue weighted by Crippen LogP contribution is 2.27. The number of ether oxygens (including phenoxy) is 1. The summed E-state index contributed by atoms with van der Waals surface area (Å²) in [5, 5.41) is 0.424. The van der Waals surface area contributed by atoms with Crippen LogP contribution in [0.5, 0.6) is 0 Å². The average Bonchev–Trinajstić information content (AvgIpc) is 3.16. The number of fused-ring (bicyclic) bond motifs is 1. The second-order valence-corrected chi connectivity index (χ2v) is 12.2. The van der Waals surface area contributed by atoms with Gasteiger partial charge in [0.2, 0.25) is 10.0 Å². The Morgan fingerprint density at radius 3 is 2.40 bits per heavy atom. The quantitative estimate of drug-likeness (QED) is 0.461. The van der Waals surface area contributed by atoms with Crippen molar-refractivity contribution < 1.29 is 22.7 Å². The Balaban J connectivity index is 1.66. The van der Waals surface area contributed by atoms with E-state index in [2.05, 4.69) is 18.8 Å². The molecule has 8 nitrogen and oxygen atoms in total. The van der Waals surface area contributed by atoms with E-state index in [1.807, 2.05) is 6.07 Å². The minimum Gasteiger partial charge on any atom is -0.468 e. The van der Waals surface area contributed by atoms with Gasteiger partial charge in [0.05, 0.1) is 27.2 Å². The normalized spacial score (nSPS) is 19.7. The number of carbonyl (C=O) groups excluding carboxylic acids is 2. The summed E-state index contributed by atoms with van der Waals surface area (Å²) in [7, 11) is -2.37. The van der Waals surface area contributed by atoms with Gasteiger partial charge in [0.1, 0.15) is 6.54 Å². The van der Waals surface area contributed by atoms with Crippen LogP contribution in [0.3, 0.4) is 0 Å².